The Morgan fingerprint density at radius 1 is 1.26 bits per heavy atom. The van der Waals surface area contributed by atoms with E-state index in [1.165, 1.54) is 0 Å². The maximum atomic E-state index is 12.8. The van der Waals surface area contributed by atoms with Gasteiger partial charge in [-0.05, 0) is 50.0 Å². The Hall–Kier alpha value is -2.31. The Balaban J connectivity index is 1.79. The number of likely N-dealkylation sites (tertiary alicyclic amines) is 1. The molecule has 1 saturated heterocycles. The average Bonchev–Trinajstić information content (AvgIpc) is 2.71. The summed E-state index contributed by atoms with van der Waals surface area (Å²) < 4.78 is 5.44. The van der Waals surface area contributed by atoms with Crippen LogP contribution in [0.3, 0.4) is 0 Å². The van der Waals surface area contributed by atoms with Crippen molar-refractivity contribution in [2.75, 3.05) is 40.9 Å². The number of carbonyl (C=O) groups is 1. The van der Waals surface area contributed by atoms with Crippen LogP contribution in [0.15, 0.2) is 36.4 Å². The van der Waals surface area contributed by atoms with Gasteiger partial charge in [0.15, 0.2) is 0 Å². The Morgan fingerprint density at radius 2 is 1.93 bits per heavy atom. The Kier molecular flexibility index (Phi) is 6.19. The highest BCUT2D eigenvalue weighted by molar-refractivity contribution is 5.91. The first kappa shape index (κ1) is 19.5. The molecule has 1 fully saturated rings. The minimum atomic E-state index is -0.470. The smallest absolute Gasteiger partial charge is 0.317 e. The van der Waals surface area contributed by atoms with E-state index >= 15 is 0 Å². The minimum absolute atomic E-state index is 0.150. The van der Waals surface area contributed by atoms with E-state index in [-0.39, 0.29) is 18.7 Å². The normalized spacial score (nSPS) is 16.9. The van der Waals surface area contributed by atoms with Crippen molar-refractivity contribution in [3.8, 4) is 5.75 Å². The summed E-state index contributed by atoms with van der Waals surface area (Å²) in [7, 11) is 5.59. The molecule has 146 valence electrons. The second-order valence-electron chi connectivity index (χ2n) is 7.23. The molecule has 6 heteroatoms. The van der Waals surface area contributed by atoms with E-state index in [1.54, 1.807) is 12.0 Å². The van der Waals surface area contributed by atoms with Crippen LogP contribution < -0.4 is 10.1 Å². The van der Waals surface area contributed by atoms with Gasteiger partial charge in [-0.3, -0.25) is 0 Å². The molecule has 0 bridgehead atoms. The molecule has 0 saturated carbocycles. The highest BCUT2D eigenvalue weighted by Crippen LogP contribution is 2.31. The number of benzene rings is 2. The summed E-state index contributed by atoms with van der Waals surface area (Å²) in [5, 5.41) is 14.9. The molecule has 2 aromatic rings. The Morgan fingerprint density at radius 3 is 2.56 bits per heavy atom. The van der Waals surface area contributed by atoms with Gasteiger partial charge in [0.05, 0.1) is 19.8 Å². The molecule has 3 rings (SSSR count). The van der Waals surface area contributed by atoms with Gasteiger partial charge in [0, 0.05) is 18.5 Å². The third-order valence-corrected chi connectivity index (χ3v) is 5.55. The predicted octanol–water partition coefficient (Wildman–Crippen LogP) is 2.62. The first-order chi connectivity index (χ1) is 13.0. The van der Waals surface area contributed by atoms with E-state index in [2.05, 4.69) is 17.3 Å². The number of piperidine rings is 1. The van der Waals surface area contributed by atoms with Crippen molar-refractivity contribution in [3.63, 3.8) is 0 Å². The number of hydrogen-bond donors (Lipinski definition) is 2. The summed E-state index contributed by atoms with van der Waals surface area (Å²) in [6.07, 6.45) is 1.94. The van der Waals surface area contributed by atoms with Gasteiger partial charge in [-0.1, -0.05) is 30.3 Å². The molecular formula is C21H29N3O3. The van der Waals surface area contributed by atoms with Gasteiger partial charge in [-0.15, -0.1) is 0 Å². The van der Waals surface area contributed by atoms with Crippen molar-refractivity contribution in [3.05, 3.63) is 42.0 Å². The SMILES string of the molecule is COc1ccc(C(CO)NC(=O)N(C)C2CCN(C)CC2)c2ccccc12. The first-order valence-electron chi connectivity index (χ1n) is 9.43. The molecule has 2 aromatic carbocycles. The summed E-state index contributed by atoms with van der Waals surface area (Å²) >= 11 is 0. The molecule has 0 spiro atoms. The van der Waals surface area contributed by atoms with Crippen LogP contribution in [0.4, 0.5) is 4.79 Å². The standard InChI is InChI=1S/C21H29N3O3/c1-23-12-10-15(11-13-23)24(2)21(26)22-19(14-25)17-8-9-20(27-3)18-7-5-4-6-16(17)18/h4-9,15,19,25H,10-14H2,1-3H3,(H,22,26). The molecule has 1 aliphatic rings. The van der Waals surface area contributed by atoms with Crippen molar-refractivity contribution in [2.24, 2.45) is 0 Å². The van der Waals surface area contributed by atoms with Crippen LogP contribution in [0.25, 0.3) is 10.8 Å². The van der Waals surface area contributed by atoms with E-state index in [4.69, 9.17) is 4.74 Å². The predicted molar refractivity (Wildman–Crippen MR) is 107 cm³/mol. The van der Waals surface area contributed by atoms with Crippen LogP contribution in [0, 0.1) is 0 Å². The molecule has 27 heavy (non-hydrogen) atoms. The number of ether oxygens (including phenoxy) is 1. The first-order valence-corrected chi connectivity index (χ1v) is 9.43. The van der Waals surface area contributed by atoms with Gasteiger partial charge >= 0.3 is 6.03 Å². The van der Waals surface area contributed by atoms with Crippen molar-refractivity contribution in [2.45, 2.75) is 24.9 Å². The summed E-state index contributed by atoms with van der Waals surface area (Å²) in [6.45, 7) is 1.83. The summed E-state index contributed by atoms with van der Waals surface area (Å²) in [5.41, 5.74) is 0.888. The lowest BCUT2D eigenvalue weighted by Gasteiger charge is -2.35. The lowest BCUT2D eigenvalue weighted by atomic mass is 9.98. The minimum Gasteiger partial charge on any atom is -0.496 e. The monoisotopic (exact) mass is 371 g/mol. The van der Waals surface area contributed by atoms with Crippen LogP contribution in [0.2, 0.25) is 0 Å². The maximum absolute atomic E-state index is 12.8. The largest absolute Gasteiger partial charge is 0.496 e. The third kappa shape index (κ3) is 4.17. The zero-order valence-electron chi connectivity index (χ0n) is 16.3. The molecule has 1 unspecified atom stereocenters. The number of nitrogens with one attached hydrogen (secondary N) is 1. The number of amides is 2. The molecular weight excluding hydrogens is 342 g/mol. The van der Waals surface area contributed by atoms with Gasteiger partial charge in [-0.25, -0.2) is 4.79 Å². The summed E-state index contributed by atoms with van der Waals surface area (Å²) in [5.74, 6) is 0.779. The van der Waals surface area contributed by atoms with Gasteiger partial charge in [0.1, 0.15) is 5.75 Å². The van der Waals surface area contributed by atoms with Crippen LogP contribution in [0.1, 0.15) is 24.4 Å². The van der Waals surface area contributed by atoms with E-state index in [1.807, 2.05) is 43.4 Å². The van der Waals surface area contributed by atoms with Crippen molar-refractivity contribution in [1.29, 1.82) is 0 Å². The van der Waals surface area contributed by atoms with Gasteiger partial charge in [-0.2, -0.15) is 0 Å². The van der Waals surface area contributed by atoms with Gasteiger partial charge in [0.2, 0.25) is 0 Å². The molecule has 1 heterocycles. The van der Waals surface area contributed by atoms with Crippen LogP contribution in [-0.4, -0.2) is 67.9 Å². The highest BCUT2D eigenvalue weighted by Gasteiger charge is 2.26. The number of urea groups is 1. The Bertz CT molecular complexity index is 787. The lowest BCUT2D eigenvalue weighted by molar-refractivity contribution is 0.141. The molecule has 1 aliphatic heterocycles. The van der Waals surface area contributed by atoms with Crippen LogP contribution in [-0.2, 0) is 0 Å². The number of aliphatic hydroxyl groups is 1. The molecule has 2 amide bonds. The molecule has 6 nitrogen and oxygen atoms in total. The second kappa shape index (κ2) is 8.59. The summed E-state index contributed by atoms with van der Waals surface area (Å²) in [6, 6.07) is 11.3. The van der Waals surface area contributed by atoms with E-state index in [0.717, 1.165) is 48.0 Å². The summed E-state index contributed by atoms with van der Waals surface area (Å²) in [4.78, 5) is 16.9. The fourth-order valence-corrected chi connectivity index (χ4v) is 3.80. The van der Waals surface area contributed by atoms with Crippen LogP contribution >= 0.6 is 0 Å². The average molecular weight is 371 g/mol. The molecule has 2 N–H and O–H groups in total. The fourth-order valence-electron chi connectivity index (χ4n) is 3.80. The van der Waals surface area contributed by atoms with Gasteiger partial charge in [0.25, 0.3) is 0 Å². The van der Waals surface area contributed by atoms with Crippen molar-refractivity contribution < 1.29 is 14.6 Å². The van der Waals surface area contributed by atoms with Crippen LogP contribution in [0.5, 0.6) is 5.75 Å². The maximum Gasteiger partial charge on any atom is 0.317 e. The second-order valence-corrected chi connectivity index (χ2v) is 7.23. The number of aliphatic hydroxyl groups excluding tert-OH is 1. The van der Waals surface area contributed by atoms with E-state index in [9.17, 15) is 9.90 Å². The zero-order valence-corrected chi connectivity index (χ0v) is 16.3. The number of carbonyl (C=O) groups excluding carboxylic acids is 1. The number of methoxy groups -OCH3 is 1. The van der Waals surface area contributed by atoms with E-state index in [0.29, 0.717) is 0 Å². The number of hydrogen-bond acceptors (Lipinski definition) is 4. The fraction of sp³-hybridized carbons (Fsp3) is 0.476. The number of nitrogens with zero attached hydrogens (tertiary/aromatic N) is 2. The van der Waals surface area contributed by atoms with Gasteiger partial charge < -0.3 is 25.0 Å². The van der Waals surface area contributed by atoms with Crippen molar-refractivity contribution in [1.82, 2.24) is 15.1 Å². The highest BCUT2D eigenvalue weighted by atomic mass is 16.5. The third-order valence-electron chi connectivity index (χ3n) is 5.55. The molecule has 1 atom stereocenters. The quantitative estimate of drug-likeness (QED) is 0.848. The topological polar surface area (TPSA) is 65.0 Å². The molecule has 0 aliphatic carbocycles. The van der Waals surface area contributed by atoms with E-state index < -0.39 is 6.04 Å². The lowest BCUT2D eigenvalue weighted by Crippen LogP contribution is -2.49. The number of rotatable bonds is 5. The number of fused-ring (bicyclic) bond motifs is 1. The Labute approximate surface area is 160 Å². The zero-order chi connectivity index (χ0) is 19.4. The molecule has 0 aromatic heterocycles. The van der Waals surface area contributed by atoms with Crippen molar-refractivity contribution >= 4 is 16.8 Å². The molecule has 0 radical (unpaired) electrons.